The highest BCUT2D eigenvalue weighted by Gasteiger charge is 2.33. The second-order valence-corrected chi connectivity index (χ2v) is 8.05. The average Bonchev–Trinajstić information content (AvgIpc) is 3.09. The largest absolute Gasteiger partial charge is 0.464 e. The summed E-state index contributed by atoms with van der Waals surface area (Å²) >= 11 is 3.42. The summed E-state index contributed by atoms with van der Waals surface area (Å²) in [5.74, 6) is -0.510. The van der Waals surface area contributed by atoms with Crippen LogP contribution in [0, 0.1) is 12.8 Å². The summed E-state index contributed by atoms with van der Waals surface area (Å²) in [5.41, 5.74) is 2.06. The van der Waals surface area contributed by atoms with Crippen molar-refractivity contribution < 1.29 is 14.3 Å². The fourth-order valence-electron chi connectivity index (χ4n) is 3.76. The molecular formula is C21H26BrN3O3. The number of ether oxygens (including phenoxy) is 1. The van der Waals surface area contributed by atoms with Gasteiger partial charge in [0.15, 0.2) is 0 Å². The number of aromatic nitrogens is 2. The highest BCUT2D eigenvalue weighted by Crippen LogP contribution is 2.27. The smallest absolute Gasteiger partial charge is 0.328 e. The Bertz CT molecular complexity index is 826. The van der Waals surface area contributed by atoms with Crippen molar-refractivity contribution in [3.63, 3.8) is 0 Å². The number of rotatable bonds is 6. The molecule has 1 fully saturated rings. The van der Waals surface area contributed by atoms with Crippen LogP contribution in [0.2, 0.25) is 0 Å². The van der Waals surface area contributed by atoms with Crippen LogP contribution in [-0.4, -0.2) is 34.3 Å². The Kier molecular flexibility index (Phi) is 6.88. The van der Waals surface area contributed by atoms with Crippen LogP contribution in [0.4, 0.5) is 0 Å². The second kappa shape index (κ2) is 9.37. The second-order valence-electron chi connectivity index (χ2n) is 7.13. The summed E-state index contributed by atoms with van der Waals surface area (Å²) in [6, 6.07) is 7.10. The molecule has 28 heavy (non-hydrogen) atoms. The molecule has 1 aliphatic carbocycles. The van der Waals surface area contributed by atoms with Crippen molar-refractivity contribution >= 4 is 27.8 Å². The number of carbonyl (C=O) groups excluding carboxylic acids is 2. The van der Waals surface area contributed by atoms with E-state index in [1.54, 1.807) is 17.8 Å². The first-order valence-corrected chi connectivity index (χ1v) is 10.6. The summed E-state index contributed by atoms with van der Waals surface area (Å²) in [6.07, 6.45) is 6.75. The van der Waals surface area contributed by atoms with Crippen molar-refractivity contribution in [2.75, 3.05) is 6.61 Å². The van der Waals surface area contributed by atoms with Crippen LogP contribution in [0.5, 0.6) is 0 Å². The Hall–Kier alpha value is -2.15. The Balaban J connectivity index is 1.79. The Morgan fingerprint density at radius 2 is 1.93 bits per heavy atom. The molecule has 1 amide bonds. The minimum atomic E-state index is -0.608. The van der Waals surface area contributed by atoms with E-state index in [1.807, 2.05) is 31.2 Å². The number of nitrogens with zero attached hydrogens (tertiary/aromatic N) is 2. The molecule has 1 unspecified atom stereocenters. The van der Waals surface area contributed by atoms with Crippen molar-refractivity contribution in [3.8, 4) is 5.69 Å². The van der Waals surface area contributed by atoms with Gasteiger partial charge in [-0.05, 0) is 56.9 Å². The van der Waals surface area contributed by atoms with Crippen molar-refractivity contribution in [3.05, 3.63) is 46.2 Å². The third kappa shape index (κ3) is 4.63. The number of carbonyl (C=O) groups is 2. The summed E-state index contributed by atoms with van der Waals surface area (Å²) < 4.78 is 7.93. The van der Waals surface area contributed by atoms with Gasteiger partial charge >= 0.3 is 5.97 Å². The summed E-state index contributed by atoms with van der Waals surface area (Å²) in [4.78, 5) is 25.4. The van der Waals surface area contributed by atoms with E-state index in [-0.39, 0.29) is 17.8 Å². The molecule has 1 aliphatic rings. The first-order chi connectivity index (χ1) is 13.5. The van der Waals surface area contributed by atoms with Gasteiger partial charge in [-0.3, -0.25) is 4.79 Å². The zero-order chi connectivity index (χ0) is 20.1. The lowest BCUT2D eigenvalue weighted by Gasteiger charge is -2.29. The van der Waals surface area contributed by atoms with Crippen LogP contribution in [0.3, 0.4) is 0 Å². The summed E-state index contributed by atoms with van der Waals surface area (Å²) in [5, 5.41) is 7.29. The van der Waals surface area contributed by atoms with E-state index in [9.17, 15) is 9.59 Å². The predicted octanol–water partition coefficient (Wildman–Crippen LogP) is 4.19. The number of halogens is 1. The molecule has 1 aromatic carbocycles. The maximum atomic E-state index is 12.9. The minimum absolute atomic E-state index is 0.124. The van der Waals surface area contributed by atoms with Gasteiger partial charge in [0.2, 0.25) is 0 Å². The number of amides is 1. The average molecular weight is 448 g/mol. The van der Waals surface area contributed by atoms with Gasteiger partial charge in [0.05, 0.1) is 29.7 Å². The van der Waals surface area contributed by atoms with Gasteiger partial charge in [-0.2, -0.15) is 5.10 Å². The fourth-order valence-corrected chi connectivity index (χ4v) is 4.03. The van der Waals surface area contributed by atoms with Crippen molar-refractivity contribution in [1.82, 2.24) is 15.1 Å². The van der Waals surface area contributed by atoms with Gasteiger partial charge in [-0.1, -0.05) is 35.2 Å². The Morgan fingerprint density at radius 3 is 2.57 bits per heavy atom. The lowest BCUT2D eigenvalue weighted by Crippen LogP contribution is -2.47. The maximum Gasteiger partial charge on any atom is 0.328 e. The fraction of sp³-hybridized carbons (Fsp3) is 0.476. The van der Waals surface area contributed by atoms with Crippen LogP contribution in [0.1, 0.15) is 55.1 Å². The van der Waals surface area contributed by atoms with Crippen LogP contribution in [-0.2, 0) is 9.53 Å². The van der Waals surface area contributed by atoms with E-state index in [4.69, 9.17) is 4.74 Å². The molecule has 2 aromatic rings. The normalized spacial score (nSPS) is 15.8. The molecule has 0 spiro atoms. The number of nitrogens with one attached hydrogen (secondary N) is 1. The highest BCUT2D eigenvalue weighted by atomic mass is 79.9. The van der Waals surface area contributed by atoms with Crippen LogP contribution < -0.4 is 5.32 Å². The third-order valence-corrected chi connectivity index (χ3v) is 5.80. The van der Waals surface area contributed by atoms with Crippen LogP contribution in [0.25, 0.3) is 5.69 Å². The maximum absolute atomic E-state index is 12.9. The molecule has 6 nitrogen and oxygen atoms in total. The first-order valence-electron chi connectivity index (χ1n) is 9.79. The van der Waals surface area contributed by atoms with Crippen molar-refractivity contribution in [2.24, 2.45) is 5.92 Å². The molecule has 7 heteroatoms. The number of hydrogen-bond donors (Lipinski definition) is 1. The van der Waals surface area contributed by atoms with E-state index in [0.717, 1.165) is 41.5 Å². The lowest BCUT2D eigenvalue weighted by molar-refractivity contribution is -0.147. The molecule has 0 saturated heterocycles. The van der Waals surface area contributed by atoms with E-state index in [1.165, 1.54) is 6.42 Å². The minimum Gasteiger partial charge on any atom is -0.464 e. The van der Waals surface area contributed by atoms with E-state index >= 15 is 0 Å². The number of hydrogen-bond acceptors (Lipinski definition) is 4. The van der Waals surface area contributed by atoms with Gasteiger partial charge in [0.25, 0.3) is 5.91 Å². The Morgan fingerprint density at radius 1 is 1.25 bits per heavy atom. The summed E-state index contributed by atoms with van der Waals surface area (Å²) in [7, 11) is 0. The van der Waals surface area contributed by atoms with Gasteiger partial charge < -0.3 is 10.1 Å². The predicted molar refractivity (Wildman–Crippen MR) is 110 cm³/mol. The quantitative estimate of drug-likeness (QED) is 0.673. The van der Waals surface area contributed by atoms with Gasteiger partial charge in [-0.15, -0.1) is 0 Å². The molecule has 0 bridgehead atoms. The van der Waals surface area contributed by atoms with Crippen molar-refractivity contribution in [2.45, 2.75) is 52.0 Å². The van der Waals surface area contributed by atoms with E-state index < -0.39 is 6.04 Å². The molecule has 1 atom stereocenters. The zero-order valence-electron chi connectivity index (χ0n) is 16.3. The van der Waals surface area contributed by atoms with Crippen LogP contribution in [0.15, 0.2) is 34.9 Å². The van der Waals surface area contributed by atoms with Gasteiger partial charge in [0, 0.05) is 4.47 Å². The van der Waals surface area contributed by atoms with Gasteiger partial charge in [-0.25, -0.2) is 9.48 Å². The van der Waals surface area contributed by atoms with E-state index in [0.29, 0.717) is 12.2 Å². The summed E-state index contributed by atoms with van der Waals surface area (Å²) in [6.45, 7) is 3.94. The third-order valence-electron chi connectivity index (χ3n) is 5.27. The highest BCUT2D eigenvalue weighted by molar-refractivity contribution is 9.10. The van der Waals surface area contributed by atoms with Crippen LogP contribution >= 0.6 is 15.9 Å². The topological polar surface area (TPSA) is 73.2 Å². The SMILES string of the molecule is CCOC(=O)C(NC(=O)c1cnn(-c2ccc(Br)cc2)c1C)C1CCCCC1. The molecule has 1 N–H and O–H groups in total. The number of benzene rings is 1. The molecule has 1 heterocycles. The van der Waals surface area contributed by atoms with E-state index in [2.05, 4.69) is 26.3 Å². The molecule has 3 rings (SSSR count). The molecule has 0 radical (unpaired) electrons. The Labute approximate surface area is 173 Å². The monoisotopic (exact) mass is 447 g/mol. The first kappa shape index (κ1) is 20.6. The van der Waals surface area contributed by atoms with Gasteiger partial charge in [0.1, 0.15) is 6.04 Å². The molecule has 1 aromatic heterocycles. The zero-order valence-corrected chi connectivity index (χ0v) is 17.9. The van der Waals surface area contributed by atoms with Crippen molar-refractivity contribution in [1.29, 1.82) is 0 Å². The standard InChI is InChI=1S/C21H26BrN3O3/c1-3-28-21(27)19(15-7-5-4-6-8-15)24-20(26)18-13-23-25(14(18)2)17-11-9-16(22)10-12-17/h9-13,15,19H,3-8H2,1-2H3,(H,24,26). The lowest BCUT2D eigenvalue weighted by atomic mass is 9.83. The molecule has 0 aliphatic heterocycles. The molecule has 1 saturated carbocycles. The molecule has 150 valence electrons. The molecular weight excluding hydrogens is 422 g/mol. The number of esters is 1.